The summed E-state index contributed by atoms with van der Waals surface area (Å²) in [6.07, 6.45) is 3.20. The van der Waals surface area contributed by atoms with Crippen molar-refractivity contribution in [2.45, 2.75) is 0 Å². The maximum Gasteiger partial charge on any atom is 0.280 e. The van der Waals surface area contributed by atoms with Gasteiger partial charge in [0.1, 0.15) is 13.2 Å². The van der Waals surface area contributed by atoms with Gasteiger partial charge >= 0.3 is 0 Å². The summed E-state index contributed by atoms with van der Waals surface area (Å²) in [5, 5.41) is 0. The molecular weight excluding hydrogens is 196 g/mol. The fraction of sp³-hybridized carbons (Fsp3) is 0.444. The SMILES string of the molecule is CN(C)/C=N/c1cnc2c(n1)OCCO2. The van der Waals surface area contributed by atoms with Gasteiger partial charge in [-0.3, -0.25) is 0 Å². The lowest BCUT2D eigenvalue weighted by molar-refractivity contribution is 0.157. The Morgan fingerprint density at radius 2 is 2.07 bits per heavy atom. The van der Waals surface area contributed by atoms with Crippen LogP contribution in [0.25, 0.3) is 0 Å². The van der Waals surface area contributed by atoms with Crippen molar-refractivity contribution >= 4 is 12.2 Å². The molecule has 0 radical (unpaired) electrons. The molecule has 1 aromatic rings. The van der Waals surface area contributed by atoms with Crippen LogP contribution in [0.15, 0.2) is 11.2 Å². The predicted octanol–water partition coefficient (Wildman–Crippen LogP) is 0.469. The fourth-order valence-corrected chi connectivity index (χ4v) is 1.06. The van der Waals surface area contributed by atoms with E-state index in [1.54, 1.807) is 12.5 Å². The summed E-state index contributed by atoms with van der Waals surface area (Å²) in [6.45, 7) is 1.02. The molecule has 0 saturated carbocycles. The molecular formula is C9H12N4O2. The van der Waals surface area contributed by atoms with Crippen molar-refractivity contribution in [3.8, 4) is 11.8 Å². The molecule has 0 saturated heterocycles. The highest BCUT2D eigenvalue weighted by atomic mass is 16.6. The molecule has 1 aromatic heterocycles. The molecule has 0 unspecified atom stereocenters. The van der Waals surface area contributed by atoms with Gasteiger partial charge in [0.15, 0.2) is 5.82 Å². The maximum absolute atomic E-state index is 5.28. The molecule has 0 N–H and O–H groups in total. The summed E-state index contributed by atoms with van der Waals surface area (Å²) in [5.74, 6) is 1.35. The van der Waals surface area contributed by atoms with Crippen LogP contribution in [0.1, 0.15) is 0 Å². The molecule has 2 rings (SSSR count). The zero-order valence-corrected chi connectivity index (χ0v) is 8.67. The van der Waals surface area contributed by atoms with Crippen LogP contribution in [0.3, 0.4) is 0 Å². The van der Waals surface area contributed by atoms with E-state index in [2.05, 4.69) is 15.0 Å². The Morgan fingerprint density at radius 1 is 1.33 bits per heavy atom. The minimum absolute atomic E-state index is 0.412. The average Bonchev–Trinajstić information content (AvgIpc) is 2.26. The number of hydrogen-bond acceptors (Lipinski definition) is 5. The van der Waals surface area contributed by atoms with Crippen LogP contribution in [0.2, 0.25) is 0 Å². The fourth-order valence-electron chi connectivity index (χ4n) is 1.06. The van der Waals surface area contributed by atoms with E-state index < -0.39 is 0 Å². The molecule has 80 valence electrons. The van der Waals surface area contributed by atoms with Crippen LogP contribution < -0.4 is 9.47 Å². The molecule has 0 aliphatic carbocycles. The first kappa shape index (κ1) is 9.70. The summed E-state index contributed by atoms with van der Waals surface area (Å²) in [4.78, 5) is 14.1. The Balaban J connectivity index is 2.20. The summed E-state index contributed by atoms with van der Waals surface area (Å²) >= 11 is 0. The van der Waals surface area contributed by atoms with Gasteiger partial charge in [0, 0.05) is 14.1 Å². The van der Waals surface area contributed by atoms with Gasteiger partial charge in [-0.05, 0) is 0 Å². The zero-order chi connectivity index (χ0) is 10.7. The molecule has 0 fully saturated rings. The molecule has 6 heteroatoms. The van der Waals surface area contributed by atoms with Crippen LogP contribution in [-0.4, -0.2) is 48.5 Å². The van der Waals surface area contributed by atoms with E-state index in [4.69, 9.17) is 9.47 Å². The molecule has 15 heavy (non-hydrogen) atoms. The van der Waals surface area contributed by atoms with Gasteiger partial charge in [-0.25, -0.2) is 9.98 Å². The Kier molecular flexibility index (Phi) is 2.66. The molecule has 0 spiro atoms. The van der Waals surface area contributed by atoms with Crippen LogP contribution in [0, 0.1) is 0 Å². The number of nitrogens with zero attached hydrogens (tertiary/aromatic N) is 4. The third-order valence-corrected chi connectivity index (χ3v) is 1.68. The van der Waals surface area contributed by atoms with Crippen LogP contribution in [-0.2, 0) is 0 Å². The molecule has 0 amide bonds. The lowest BCUT2D eigenvalue weighted by Gasteiger charge is -2.15. The van der Waals surface area contributed by atoms with Crippen molar-refractivity contribution in [3.05, 3.63) is 6.20 Å². The van der Waals surface area contributed by atoms with Crippen molar-refractivity contribution in [2.75, 3.05) is 27.3 Å². The molecule has 2 heterocycles. The van der Waals surface area contributed by atoms with E-state index in [1.165, 1.54) is 0 Å². The lowest BCUT2D eigenvalue weighted by atomic mass is 10.6. The number of ether oxygens (including phenoxy) is 2. The largest absolute Gasteiger partial charge is 0.470 e. The van der Waals surface area contributed by atoms with Crippen LogP contribution >= 0.6 is 0 Å². The normalized spacial score (nSPS) is 14.3. The topological polar surface area (TPSA) is 59.8 Å². The summed E-state index contributed by atoms with van der Waals surface area (Å²) < 4.78 is 10.5. The van der Waals surface area contributed by atoms with Crippen molar-refractivity contribution in [2.24, 2.45) is 4.99 Å². The standard InChI is InChI=1S/C9H12N4O2/c1-13(2)6-11-7-5-10-8-9(12-7)15-4-3-14-8/h5-6H,3-4H2,1-2H3/b11-6+. The Hall–Kier alpha value is -1.85. The first-order chi connectivity index (χ1) is 7.25. The van der Waals surface area contributed by atoms with Crippen LogP contribution in [0.4, 0.5) is 5.82 Å². The van der Waals surface area contributed by atoms with E-state index in [0.29, 0.717) is 30.8 Å². The number of aliphatic imine (C=N–C) groups is 1. The molecule has 6 nitrogen and oxygen atoms in total. The van der Waals surface area contributed by atoms with Crippen molar-refractivity contribution in [1.82, 2.24) is 14.9 Å². The first-order valence-electron chi connectivity index (χ1n) is 4.59. The van der Waals surface area contributed by atoms with E-state index in [-0.39, 0.29) is 0 Å². The molecule has 1 aliphatic rings. The Morgan fingerprint density at radius 3 is 2.80 bits per heavy atom. The number of fused-ring (bicyclic) bond motifs is 1. The van der Waals surface area contributed by atoms with Crippen molar-refractivity contribution in [1.29, 1.82) is 0 Å². The Labute approximate surface area is 87.6 Å². The second kappa shape index (κ2) is 4.12. The maximum atomic E-state index is 5.28. The number of aromatic nitrogens is 2. The van der Waals surface area contributed by atoms with Gasteiger partial charge in [0.25, 0.3) is 11.8 Å². The number of hydrogen-bond donors (Lipinski definition) is 0. The second-order valence-electron chi connectivity index (χ2n) is 3.24. The van der Waals surface area contributed by atoms with Gasteiger partial charge in [-0.2, -0.15) is 4.98 Å². The van der Waals surface area contributed by atoms with Crippen molar-refractivity contribution < 1.29 is 9.47 Å². The highest BCUT2D eigenvalue weighted by molar-refractivity contribution is 5.58. The highest BCUT2D eigenvalue weighted by Crippen LogP contribution is 2.26. The summed E-state index contributed by atoms with van der Waals surface area (Å²) in [6, 6.07) is 0. The van der Waals surface area contributed by atoms with Gasteiger partial charge in [0.2, 0.25) is 0 Å². The second-order valence-corrected chi connectivity index (χ2v) is 3.24. The smallest absolute Gasteiger partial charge is 0.280 e. The zero-order valence-electron chi connectivity index (χ0n) is 8.67. The van der Waals surface area contributed by atoms with Gasteiger partial charge in [-0.15, -0.1) is 0 Å². The lowest BCUT2D eigenvalue weighted by Crippen LogP contribution is -2.17. The van der Waals surface area contributed by atoms with E-state index in [0.717, 1.165) is 0 Å². The third kappa shape index (κ3) is 2.34. The molecule has 1 aliphatic heterocycles. The van der Waals surface area contributed by atoms with Gasteiger partial charge < -0.3 is 14.4 Å². The quantitative estimate of drug-likeness (QED) is 0.522. The minimum Gasteiger partial charge on any atom is -0.470 e. The summed E-state index contributed by atoms with van der Waals surface area (Å²) in [7, 11) is 3.77. The highest BCUT2D eigenvalue weighted by Gasteiger charge is 2.14. The van der Waals surface area contributed by atoms with E-state index >= 15 is 0 Å². The molecule has 0 aromatic carbocycles. The molecule has 0 atom stereocenters. The van der Waals surface area contributed by atoms with Gasteiger partial charge in [-0.1, -0.05) is 0 Å². The summed E-state index contributed by atoms with van der Waals surface area (Å²) in [5.41, 5.74) is 0. The number of rotatable bonds is 2. The minimum atomic E-state index is 0.412. The van der Waals surface area contributed by atoms with E-state index in [9.17, 15) is 0 Å². The Bertz CT molecular complexity index is 378. The van der Waals surface area contributed by atoms with Gasteiger partial charge in [0.05, 0.1) is 12.5 Å². The first-order valence-corrected chi connectivity index (χ1v) is 4.59. The predicted molar refractivity (Wildman–Crippen MR) is 54.9 cm³/mol. The molecule has 0 bridgehead atoms. The van der Waals surface area contributed by atoms with Crippen LogP contribution in [0.5, 0.6) is 11.8 Å². The van der Waals surface area contributed by atoms with E-state index in [1.807, 2.05) is 19.0 Å². The monoisotopic (exact) mass is 208 g/mol. The average molecular weight is 208 g/mol. The third-order valence-electron chi connectivity index (χ3n) is 1.68. The van der Waals surface area contributed by atoms with Crippen molar-refractivity contribution in [3.63, 3.8) is 0 Å².